The Balaban J connectivity index is 1.34. The summed E-state index contributed by atoms with van der Waals surface area (Å²) in [5.41, 5.74) is 4.93. The number of H-pyrrole nitrogens is 1. The molecule has 3 aromatic rings. The molecule has 1 unspecified atom stereocenters. The van der Waals surface area contributed by atoms with Gasteiger partial charge in [0.2, 0.25) is 0 Å². The summed E-state index contributed by atoms with van der Waals surface area (Å²) in [5.74, 6) is 0.984. The van der Waals surface area contributed by atoms with Crippen molar-refractivity contribution >= 4 is 5.69 Å². The van der Waals surface area contributed by atoms with Crippen LogP contribution in [0.15, 0.2) is 60.7 Å². The van der Waals surface area contributed by atoms with Gasteiger partial charge in [0.1, 0.15) is 5.82 Å². The smallest absolute Gasteiger partial charge is 0.137 e. The topological polar surface area (TPSA) is 47.2 Å². The SMILES string of the molecule is c1ccc(-c2nc3c([nH]2)CNCC3N2CCN(c3ccccc3)CC2)cc1. The third-order valence-electron chi connectivity index (χ3n) is 5.69. The number of nitrogens with zero attached hydrogens (tertiary/aromatic N) is 3. The van der Waals surface area contributed by atoms with Gasteiger partial charge in [0.05, 0.1) is 17.4 Å². The summed E-state index contributed by atoms with van der Waals surface area (Å²) in [5, 5.41) is 3.57. The minimum Gasteiger partial charge on any atom is -0.369 e. The lowest BCUT2D eigenvalue weighted by atomic mass is 10.1. The summed E-state index contributed by atoms with van der Waals surface area (Å²) in [4.78, 5) is 13.6. The molecule has 2 aromatic carbocycles. The highest BCUT2D eigenvalue weighted by molar-refractivity contribution is 5.56. The molecule has 1 fully saturated rings. The van der Waals surface area contributed by atoms with Gasteiger partial charge in [-0.05, 0) is 12.1 Å². The van der Waals surface area contributed by atoms with E-state index in [1.54, 1.807) is 0 Å². The van der Waals surface area contributed by atoms with Gasteiger partial charge in [-0.15, -0.1) is 0 Å². The van der Waals surface area contributed by atoms with Crippen LogP contribution in [0.1, 0.15) is 17.4 Å². The summed E-state index contributed by atoms with van der Waals surface area (Å²) in [6.07, 6.45) is 0. The Kier molecular flexibility index (Phi) is 4.40. The second-order valence-electron chi connectivity index (χ2n) is 7.32. The van der Waals surface area contributed by atoms with Crippen molar-refractivity contribution in [1.29, 1.82) is 0 Å². The zero-order valence-corrected chi connectivity index (χ0v) is 15.4. The molecular formula is C22H25N5. The molecule has 5 nitrogen and oxygen atoms in total. The van der Waals surface area contributed by atoms with E-state index in [2.05, 4.69) is 74.7 Å². The Labute approximate surface area is 160 Å². The molecule has 0 amide bonds. The highest BCUT2D eigenvalue weighted by Gasteiger charge is 2.31. The van der Waals surface area contributed by atoms with E-state index in [1.807, 2.05) is 6.07 Å². The number of hydrogen-bond acceptors (Lipinski definition) is 4. The molecule has 2 N–H and O–H groups in total. The number of fused-ring (bicyclic) bond motifs is 1. The standard InChI is InChI=1S/C22H25N5/c1-3-7-17(8-4-1)22-24-19-15-23-16-20(21(19)25-22)27-13-11-26(12-14-27)18-9-5-2-6-10-18/h1-10,20,23H,11-16H2,(H,24,25). The van der Waals surface area contributed by atoms with E-state index in [9.17, 15) is 0 Å². The van der Waals surface area contributed by atoms with Gasteiger partial charge in [0, 0.05) is 50.5 Å². The summed E-state index contributed by atoms with van der Waals surface area (Å²) < 4.78 is 0. The van der Waals surface area contributed by atoms with Crippen molar-refractivity contribution < 1.29 is 0 Å². The van der Waals surface area contributed by atoms with Gasteiger partial charge < -0.3 is 15.2 Å². The Morgan fingerprint density at radius 1 is 0.852 bits per heavy atom. The van der Waals surface area contributed by atoms with Crippen molar-refractivity contribution in [1.82, 2.24) is 20.2 Å². The van der Waals surface area contributed by atoms with Crippen LogP contribution in [0.3, 0.4) is 0 Å². The monoisotopic (exact) mass is 359 g/mol. The van der Waals surface area contributed by atoms with Crippen molar-refractivity contribution in [2.75, 3.05) is 37.6 Å². The summed E-state index contributed by atoms with van der Waals surface area (Å²) >= 11 is 0. The molecule has 1 saturated heterocycles. The average molecular weight is 359 g/mol. The second kappa shape index (κ2) is 7.18. The fraction of sp³-hybridized carbons (Fsp3) is 0.318. The van der Waals surface area contributed by atoms with Gasteiger partial charge in [-0.1, -0.05) is 48.5 Å². The maximum absolute atomic E-state index is 5.00. The first kappa shape index (κ1) is 16.5. The fourth-order valence-corrected chi connectivity index (χ4v) is 4.23. The highest BCUT2D eigenvalue weighted by Crippen LogP contribution is 2.30. The number of aromatic amines is 1. The molecule has 0 aliphatic carbocycles. The van der Waals surface area contributed by atoms with Gasteiger partial charge >= 0.3 is 0 Å². The largest absolute Gasteiger partial charge is 0.369 e. The van der Waals surface area contributed by atoms with Crippen molar-refractivity contribution in [3.8, 4) is 11.4 Å². The number of imidazole rings is 1. The minimum atomic E-state index is 0.348. The molecule has 5 rings (SSSR count). The highest BCUT2D eigenvalue weighted by atomic mass is 15.3. The van der Waals surface area contributed by atoms with Crippen molar-refractivity contribution in [3.05, 3.63) is 72.1 Å². The first-order chi connectivity index (χ1) is 13.4. The molecule has 0 saturated carbocycles. The lowest BCUT2D eigenvalue weighted by Crippen LogP contribution is -2.50. The molecule has 27 heavy (non-hydrogen) atoms. The van der Waals surface area contributed by atoms with E-state index >= 15 is 0 Å². The summed E-state index contributed by atoms with van der Waals surface area (Å²) in [7, 11) is 0. The first-order valence-corrected chi connectivity index (χ1v) is 9.77. The number of hydrogen-bond donors (Lipinski definition) is 2. The van der Waals surface area contributed by atoms with Crippen LogP contribution < -0.4 is 10.2 Å². The minimum absolute atomic E-state index is 0.348. The lowest BCUT2D eigenvalue weighted by molar-refractivity contribution is 0.171. The lowest BCUT2D eigenvalue weighted by Gasteiger charge is -2.41. The summed E-state index contributed by atoms with van der Waals surface area (Å²) in [6.45, 7) is 6.09. The molecule has 1 atom stereocenters. The number of anilines is 1. The van der Waals surface area contributed by atoms with Crippen LogP contribution in [0.2, 0.25) is 0 Å². The maximum atomic E-state index is 5.00. The fourth-order valence-electron chi connectivity index (χ4n) is 4.23. The van der Waals surface area contributed by atoms with Gasteiger partial charge in [-0.25, -0.2) is 4.98 Å². The Bertz CT molecular complexity index is 882. The van der Waals surface area contributed by atoms with E-state index in [1.165, 1.54) is 17.1 Å². The molecule has 2 aliphatic rings. The van der Waals surface area contributed by atoms with Gasteiger partial charge in [-0.3, -0.25) is 4.90 Å². The van der Waals surface area contributed by atoms with Crippen molar-refractivity contribution in [2.45, 2.75) is 12.6 Å². The van der Waals surface area contributed by atoms with Crippen molar-refractivity contribution in [2.24, 2.45) is 0 Å². The van der Waals surface area contributed by atoms with E-state index in [0.717, 1.165) is 50.7 Å². The number of para-hydroxylation sites is 1. The quantitative estimate of drug-likeness (QED) is 0.755. The Morgan fingerprint density at radius 3 is 2.30 bits per heavy atom. The van der Waals surface area contributed by atoms with Gasteiger partial charge in [0.15, 0.2) is 0 Å². The molecule has 0 bridgehead atoms. The first-order valence-electron chi connectivity index (χ1n) is 9.77. The van der Waals surface area contributed by atoms with Crippen LogP contribution in [0, 0.1) is 0 Å². The van der Waals surface area contributed by atoms with E-state index in [-0.39, 0.29) is 0 Å². The van der Waals surface area contributed by atoms with E-state index < -0.39 is 0 Å². The number of aromatic nitrogens is 2. The number of rotatable bonds is 3. The molecule has 1 aromatic heterocycles. The third kappa shape index (κ3) is 3.24. The number of nitrogens with one attached hydrogen (secondary N) is 2. The summed E-state index contributed by atoms with van der Waals surface area (Å²) in [6, 6.07) is 21.5. The molecule has 5 heteroatoms. The van der Waals surface area contributed by atoms with Crippen LogP contribution in [-0.2, 0) is 6.54 Å². The molecule has 0 radical (unpaired) electrons. The maximum Gasteiger partial charge on any atom is 0.137 e. The van der Waals surface area contributed by atoms with Crippen LogP contribution >= 0.6 is 0 Å². The zero-order valence-electron chi connectivity index (χ0n) is 15.4. The van der Waals surface area contributed by atoms with Crippen LogP contribution in [0.4, 0.5) is 5.69 Å². The number of benzene rings is 2. The predicted molar refractivity (Wildman–Crippen MR) is 109 cm³/mol. The molecular weight excluding hydrogens is 334 g/mol. The molecule has 3 heterocycles. The van der Waals surface area contributed by atoms with Crippen molar-refractivity contribution in [3.63, 3.8) is 0 Å². The average Bonchev–Trinajstić information content (AvgIpc) is 3.20. The molecule has 2 aliphatic heterocycles. The van der Waals surface area contributed by atoms with Gasteiger partial charge in [-0.2, -0.15) is 0 Å². The molecule has 138 valence electrons. The Hall–Kier alpha value is -2.63. The van der Waals surface area contributed by atoms with Crippen LogP contribution in [-0.4, -0.2) is 47.6 Å². The molecule has 0 spiro atoms. The number of piperazine rings is 1. The van der Waals surface area contributed by atoms with E-state index in [0.29, 0.717) is 6.04 Å². The van der Waals surface area contributed by atoms with Crippen LogP contribution in [0.25, 0.3) is 11.4 Å². The van der Waals surface area contributed by atoms with Gasteiger partial charge in [0.25, 0.3) is 0 Å². The zero-order chi connectivity index (χ0) is 18.1. The Morgan fingerprint density at radius 2 is 1.56 bits per heavy atom. The predicted octanol–water partition coefficient (Wildman–Crippen LogP) is 3.04. The van der Waals surface area contributed by atoms with Crippen LogP contribution in [0.5, 0.6) is 0 Å². The third-order valence-corrected chi connectivity index (χ3v) is 5.69. The second-order valence-corrected chi connectivity index (χ2v) is 7.32. The normalized spacial score (nSPS) is 20.4. The van der Waals surface area contributed by atoms with E-state index in [4.69, 9.17) is 4.98 Å².